The van der Waals surface area contributed by atoms with Crippen LogP contribution in [0.2, 0.25) is 0 Å². The van der Waals surface area contributed by atoms with E-state index in [2.05, 4.69) is 34.6 Å². The smallest absolute Gasteiger partial charge is 0.306 e. The number of hydrogen-bond acceptors (Lipinski definition) is 6. The molecule has 0 rings (SSSR count). The lowest BCUT2D eigenvalue weighted by atomic mass is 10.0. The minimum Gasteiger partial charge on any atom is -0.462 e. The number of unbranched alkanes of at least 4 members (excludes halogenated alkanes) is 27. The standard InChI is InChI=1S/C48H92O6/c1-6-7-8-9-10-17-23-28-33-38-46(49)52-41-45(42-53-47(50)39-34-29-25-20-22-27-32-37-44(4)5)54-48(51)40-35-30-24-19-16-14-12-11-13-15-18-21-26-31-36-43(2)3/h43-45H,6-42H2,1-5H3/t45-/m1/s1. The number of hydrogen-bond donors (Lipinski definition) is 0. The van der Waals surface area contributed by atoms with Gasteiger partial charge < -0.3 is 14.2 Å². The first-order valence-corrected chi connectivity index (χ1v) is 23.7. The van der Waals surface area contributed by atoms with E-state index < -0.39 is 6.10 Å². The summed E-state index contributed by atoms with van der Waals surface area (Å²) in [5.41, 5.74) is 0. The van der Waals surface area contributed by atoms with Crippen LogP contribution in [-0.2, 0) is 28.6 Å². The van der Waals surface area contributed by atoms with Crippen LogP contribution in [0.5, 0.6) is 0 Å². The highest BCUT2D eigenvalue weighted by Gasteiger charge is 2.19. The molecule has 54 heavy (non-hydrogen) atoms. The van der Waals surface area contributed by atoms with Crippen molar-refractivity contribution in [3.05, 3.63) is 0 Å². The number of ether oxygens (including phenoxy) is 3. The van der Waals surface area contributed by atoms with Gasteiger partial charge in [-0.2, -0.15) is 0 Å². The van der Waals surface area contributed by atoms with Gasteiger partial charge in [-0.3, -0.25) is 14.4 Å². The second-order valence-corrected chi connectivity index (χ2v) is 17.3. The molecule has 0 saturated carbocycles. The molecule has 6 heteroatoms. The Bertz CT molecular complexity index is 824. The van der Waals surface area contributed by atoms with Crippen LogP contribution in [0.1, 0.15) is 259 Å². The van der Waals surface area contributed by atoms with Crippen LogP contribution in [0.4, 0.5) is 0 Å². The van der Waals surface area contributed by atoms with E-state index in [4.69, 9.17) is 14.2 Å². The van der Waals surface area contributed by atoms with E-state index >= 15 is 0 Å². The molecule has 0 aliphatic heterocycles. The van der Waals surface area contributed by atoms with Crippen LogP contribution < -0.4 is 0 Å². The van der Waals surface area contributed by atoms with Crippen LogP contribution in [0.15, 0.2) is 0 Å². The lowest BCUT2D eigenvalue weighted by Gasteiger charge is -2.18. The third-order valence-electron chi connectivity index (χ3n) is 10.7. The molecule has 0 unspecified atom stereocenters. The minimum absolute atomic E-state index is 0.0651. The largest absolute Gasteiger partial charge is 0.462 e. The van der Waals surface area contributed by atoms with E-state index in [0.29, 0.717) is 19.3 Å². The first-order valence-electron chi connectivity index (χ1n) is 23.7. The predicted octanol–water partition coefficient (Wildman–Crippen LogP) is 15.0. The maximum absolute atomic E-state index is 12.7. The first kappa shape index (κ1) is 52.4. The van der Waals surface area contributed by atoms with Crippen molar-refractivity contribution in [2.24, 2.45) is 11.8 Å². The molecule has 0 radical (unpaired) electrons. The average Bonchev–Trinajstić information content (AvgIpc) is 3.14. The Kier molecular flexibility index (Phi) is 39.8. The molecular formula is C48H92O6. The van der Waals surface area contributed by atoms with Crippen molar-refractivity contribution in [2.75, 3.05) is 13.2 Å². The van der Waals surface area contributed by atoms with Gasteiger partial charge in [0.05, 0.1) is 0 Å². The monoisotopic (exact) mass is 765 g/mol. The molecule has 0 amide bonds. The van der Waals surface area contributed by atoms with Crippen molar-refractivity contribution in [3.8, 4) is 0 Å². The molecule has 0 saturated heterocycles. The normalized spacial score (nSPS) is 12.1. The number of carbonyl (C=O) groups is 3. The van der Waals surface area contributed by atoms with Gasteiger partial charge in [-0.25, -0.2) is 0 Å². The van der Waals surface area contributed by atoms with Gasteiger partial charge in [0, 0.05) is 19.3 Å². The second-order valence-electron chi connectivity index (χ2n) is 17.3. The van der Waals surface area contributed by atoms with Gasteiger partial charge in [0.1, 0.15) is 13.2 Å². The quantitative estimate of drug-likeness (QED) is 0.0350. The van der Waals surface area contributed by atoms with E-state index in [1.54, 1.807) is 0 Å². The molecule has 0 aliphatic carbocycles. The molecule has 320 valence electrons. The summed E-state index contributed by atoms with van der Waals surface area (Å²) in [4.78, 5) is 37.7. The van der Waals surface area contributed by atoms with Crippen LogP contribution in [0.3, 0.4) is 0 Å². The topological polar surface area (TPSA) is 78.9 Å². The highest BCUT2D eigenvalue weighted by molar-refractivity contribution is 5.71. The third kappa shape index (κ3) is 41.6. The molecule has 0 bridgehead atoms. The van der Waals surface area contributed by atoms with E-state index in [0.717, 1.165) is 69.6 Å². The number of rotatable bonds is 42. The summed E-state index contributed by atoms with van der Waals surface area (Å²) in [6.45, 7) is 11.3. The van der Waals surface area contributed by atoms with Crippen molar-refractivity contribution in [2.45, 2.75) is 265 Å². The van der Waals surface area contributed by atoms with Gasteiger partial charge in [-0.1, -0.05) is 221 Å². The van der Waals surface area contributed by atoms with Gasteiger partial charge in [0.25, 0.3) is 0 Å². The summed E-state index contributed by atoms with van der Waals surface area (Å²) in [7, 11) is 0. The van der Waals surface area contributed by atoms with E-state index in [9.17, 15) is 14.4 Å². The lowest BCUT2D eigenvalue weighted by molar-refractivity contribution is -0.167. The van der Waals surface area contributed by atoms with Gasteiger partial charge in [0.15, 0.2) is 6.10 Å². The fourth-order valence-electron chi connectivity index (χ4n) is 7.11. The summed E-state index contributed by atoms with van der Waals surface area (Å²) in [5.74, 6) is 0.766. The molecule has 0 aromatic heterocycles. The first-order chi connectivity index (χ1) is 26.2. The molecule has 0 N–H and O–H groups in total. The highest BCUT2D eigenvalue weighted by Crippen LogP contribution is 2.17. The van der Waals surface area contributed by atoms with Crippen molar-refractivity contribution < 1.29 is 28.6 Å². The Labute approximate surface area is 336 Å². The van der Waals surface area contributed by atoms with E-state index in [1.807, 2.05) is 0 Å². The van der Waals surface area contributed by atoms with Crippen LogP contribution in [0.25, 0.3) is 0 Å². The molecule has 0 heterocycles. The van der Waals surface area contributed by atoms with Crippen molar-refractivity contribution in [3.63, 3.8) is 0 Å². The van der Waals surface area contributed by atoms with Crippen molar-refractivity contribution in [1.82, 2.24) is 0 Å². The van der Waals surface area contributed by atoms with Gasteiger partial charge >= 0.3 is 17.9 Å². The lowest BCUT2D eigenvalue weighted by Crippen LogP contribution is -2.30. The fourth-order valence-corrected chi connectivity index (χ4v) is 7.11. The summed E-state index contributed by atoms with van der Waals surface area (Å²) in [5, 5.41) is 0. The zero-order valence-electron chi connectivity index (χ0n) is 36.8. The maximum atomic E-state index is 12.7. The van der Waals surface area contributed by atoms with Gasteiger partial charge in [-0.15, -0.1) is 0 Å². The van der Waals surface area contributed by atoms with Crippen LogP contribution in [-0.4, -0.2) is 37.2 Å². The van der Waals surface area contributed by atoms with E-state index in [1.165, 1.54) is 148 Å². The summed E-state index contributed by atoms with van der Waals surface area (Å²) < 4.78 is 16.7. The SMILES string of the molecule is CCCCCCCCCCCC(=O)OC[C@H](COC(=O)CCCCCCCCCC(C)C)OC(=O)CCCCCCCCCCCCCCCCC(C)C. The Balaban J connectivity index is 4.27. The molecule has 0 aromatic rings. The summed E-state index contributed by atoms with van der Waals surface area (Å²) in [6.07, 6.45) is 39.6. The second kappa shape index (κ2) is 41.1. The molecular weight excluding hydrogens is 673 g/mol. The summed E-state index contributed by atoms with van der Waals surface area (Å²) in [6, 6.07) is 0. The Hall–Kier alpha value is -1.59. The molecule has 0 fully saturated rings. The Morgan fingerprint density at radius 3 is 0.907 bits per heavy atom. The van der Waals surface area contributed by atoms with Crippen LogP contribution in [0, 0.1) is 11.8 Å². The maximum Gasteiger partial charge on any atom is 0.306 e. The van der Waals surface area contributed by atoms with E-state index in [-0.39, 0.29) is 31.1 Å². The molecule has 0 spiro atoms. The molecule has 1 atom stereocenters. The van der Waals surface area contributed by atoms with Crippen LogP contribution >= 0.6 is 0 Å². The molecule has 0 aliphatic rings. The Morgan fingerprint density at radius 1 is 0.352 bits per heavy atom. The molecule has 0 aromatic carbocycles. The number of esters is 3. The van der Waals surface area contributed by atoms with Gasteiger partial charge in [0.2, 0.25) is 0 Å². The fraction of sp³-hybridized carbons (Fsp3) is 0.938. The van der Waals surface area contributed by atoms with Crippen molar-refractivity contribution >= 4 is 17.9 Å². The Morgan fingerprint density at radius 2 is 0.611 bits per heavy atom. The third-order valence-corrected chi connectivity index (χ3v) is 10.7. The number of carbonyl (C=O) groups excluding carboxylic acids is 3. The average molecular weight is 765 g/mol. The van der Waals surface area contributed by atoms with Crippen molar-refractivity contribution in [1.29, 1.82) is 0 Å². The predicted molar refractivity (Wildman–Crippen MR) is 229 cm³/mol. The minimum atomic E-state index is -0.760. The summed E-state index contributed by atoms with van der Waals surface area (Å²) >= 11 is 0. The highest BCUT2D eigenvalue weighted by atomic mass is 16.6. The van der Waals surface area contributed by atoms with Gasteiger partial charge in [-0.05, 0) is 31.1 Å². The zero-order chi connectivity index (χ0) is 39.7. The molecule has 6 nitrogen and oxygen atoms in total. The zero-order valence-corrected chi connectivity index (χ0v) is 36.8.